The van der Waals surface area contributed by atoms with Gasteiger partial charge in [0, 0.05) is 18.9 Å². The third-order valence-corrected chi connectivity index (χ3v) is 3.44. The molecular weight excluding hydrogens is 278 g/mol. The molecule has 1 aromatic rings. The molecule has 3 N–H and O–H groups in total. The van der Waals surface area contributed by atoms with E-state index in [1.807, 2.05) is 0 Å². The molecular formula is C18H29NO3. The van der Waals surface area contributed by atoms with Crippen molar-refractivity contribution in [1.82, 2.24) is 0 Å². The molecule has 124 valence electrons. The second-order valence-corrected chi connectivity index (χ2v) is 5.32. The fourth-order valence-corrected chi connectivity index (χ4v) is 2.00. The van der Waals surface area contributed by atoms with Crippen LogP contribution in [0.5, 0.6) is 0 Å². The lowest BCUT2D eigenvalue weighted by Gasteiger charge is -2.12. The Balaban J connectivity index is 0.000000425. The molecule has 1 rings (SSSR count). The van der Waals surface area contributed by atoms with E-state index in [9.17, 15) is 9.59 Å². The van der Waals surface area contributed by atoms with Crippen molar-refractivity contribution in [2.24, 2.45) is 11.7 Å². The van der Waals surface area contributed by atoms with Crippen LogP contribution in [0, 0.1) is 5.92 Å². The fourth-order valence-electron chi connectivity index (χ4n) is 2.00. The Hall–Kier alpha value is -1.68. The molecule has 0 amide bonds. The van der Waals surface area contributed by atoms with Gasteiger partial charge in [0.25, 0.3) is 0 Å². The first kappa shape index (κ1) is 20.3. The molecule has 4 nitrogen and oxygen atoms in total. The lowest BCUT2D eigenvalue weighted by atomic mass is 9.94. The van der Waals surface area contributed by atoms with Crippen LogP contribution in [-0.2, 0) is 4.79 Å². The molecule has 0 fully saturated rings. The molecule has 0 spiro atoms. The number of Topliss-reactive ketones (excluding diaryl/α,β-unsaturated/α-hetero) is 1. The van der Waals surface area contributed by atoms with Crippen molar-refractivity contribution < 1.29 is 14.7 Å². The first-order valence-corrected chi connectivity index (χ1v) is 8.07. The number of hydrogen-bond acceptors (Lipinski definition) is 3. The summed E-state index contributed by atoms with van der Waals surface area (Å²) >= 11 is 0. The molecule has 0 aliphatic heterocycles. The van der Waals surface area contributed by atoms with E-state index < -0.39 is 5.97 Å². The van der Waals surface area contributed by atoms with Gasteiger partial charge < -0.3 is 10.8 Å². The quantitative estimate of drug-likeness (QED) is 0.725. The van der Waals surface area contributed by atoms with Gasteiger partial charge in [0.15, 0.2) is 0 Å². The van der Waals surface area contributed by atoms with Crippen molar-refractivity contribution in [2.45, 2.75) is 52.4 Å². The second-order valence-electron chi connectivity index (χ2n) is 5.32. The molecule has 0 aliphatic carbocycles. The Labute approximate surface area is 133 Å². The molecule has 0 saturated heterocycles. The van der Waals surface area contributed by atoms with Gasteiger partial charge in [-0.3, -0.25) is 4.79 Å². The minimum Gasteiger partial charge on any atom is -0.478 e. The number of carboxylic acids is 1. The third kappa shape index (κ3) is 9.29. The van der Waals surface area contributed by atoms with E-state index in [0.717, 1.165) is 38.5 Å². The zero-order chi connectivity index (χ0) is 16.8. The predicted octanol–water partition coefficient (Wildman–Crippen LogP) is 3.90. The van der Waals surface area contributed by atoms with E-state index in [2.05, 4.69) is 13.8 Å². The maximum atomic E-state index is 11.6. The average Bonchev–Trinajstić information content (AvgIpc) is 2.55. The van der Waals surface area contributed by atoms with Gasteiger partial charge in [0.05, 0.1) is 5.56 Å². The van der Waals surface area contributed by atoms with Gasteiger partial charge in [-0.1, -0.05) is 51.3 Å². The van der Waals surface area contributed by atoms with Crippen molar-refractivity contribution in [2.75, 3.05) is 6.54 Å². The van der Waals surface area contributed by atoms with E-state index in [-0.39, 0.29) is 5.92 Å². The second kappa shape index (κ2) is 13.0. The normalized spacial score (nSPS) is 11.2. The number of rotatable bonds is 9. The highest BCUT2D eigenvalue weighted by Crippen LogP contribution is 2.12. The van der Waals surface area contributed by atoms with Gasteiger partial charge in [-0.05, 0) is 25.0 Å². The van der Waals surface area contributed by atoms with Crippen LogP contribution in [0.25, 0.3) is 0 Å². The van der Waals surface area contributed by atoms with Crippen molar-refractivity contribution >= 4 is 11.8 Å². The Morgan fingerprint density at radius 3 is 2.09 bits per heavy atom. The lowest BCUT2D eigenvalue weighted by Crippen LogP contribution is -2.23. The number of hydrogen-bond donors (Lipinski definition) is 2. The highest BCUT2D eigenvalue weighted by atomic mass is 16.4. The van der Waals surface area contributed by atoms with Crippen molar-refractivity contribution in [3.05, 3.63) is 35.9 Å². The zero-order valence-corrected chi connectivity index (χ0v) is 13.8. The van der Waals surface area contributed by atoms with Crippen LogP contribution >= 0.6 is 0 Å². The molecule has 0 saturated carbocycles. The molecule has 0 aromatic heterocycles. The molecule has 0 bridgehead atoms. The smallest absolute Gasteiger partial charge is 0.335 e. The van der Waals surface area contributed by atoms with Crippen LogP contribution in [-0.4, -0.2) is 23.4 Å². The maximum Gasteiger partial charge on any atom is 0.335 e. The number of nitrogens with two attached hydrogens (primary N) is 1. The maximum absolute atomic E-state index is 11.6. The average molecular weight is 307 g/mol. The van der Waals surface area contributed by atoms with Crippen molar-refractivity contribution in [1.29, 1.82) is 0 Å². The number of ketones is 1. The highest BCUT2D eigenvalue weighted by Gasteiger charge is 2.14. The molecule has 0 aliphatic rings. The Kier molecular flexibility index (Phi) is 12.0. The number of carbonyl (C=O) groups is 2. The van der Waals surface area contributed by atoms with Gasteiger partial charge in [0.1, 0.15) is 5.78 Å². The number of unbranched alkanes of at least 4 members (excludes halogenated alkanes) is 2. The van der Waals surface area contributed by atoms with Crippen molar-refractivity contribution in [3.8, 4) is 0 Å². The first-order valence-electron chi connectivity index (χ1n) is 8.07. The van der Waals surface area contributed by atoms with E-state index in [0.29, 0.717) is 17.9 Å². The summed E-state index contributed by atoms with van der Waals surface area (Å²) in [4.78, 5) is 21.8. The Morgan fingerprint density at radius 2 is 1.68 bits per heavy atom. The zero-order valence-electron chi connectivity index (χ0n) is 13.8. The van der Waals surface area contributed by atoms with Crippen LogP contribution < -0.4 is 5.73 Å². The van der Waals surface area contributed by atoms with Crippen LogP contribution in [0.1, 0.15) is 62.7 Å². The summed E-state index contributed by atoms with van der Waals surface area (Å²) in [5.41, 5.74) is 5.90. The molecule has 22 heavy (non-hydrogen) atoms. The summed E-state index contributed by atoms with van der Waals surface area (Å²) in [5, 5.41) is 8.38. The minimum absolute atomic E-state index is 0.131. The summed E-state index contributed by atoms with van der Waals surface area (Å²) in [7, 11) is 0. The minimum atomic E-state index is -0.879. The summed E-state index contributed by atoms with van der Waals surface area (Å²) in [6.07, 6.45) is 6.09. The van der Waals surface area contributed by atoms with E-state index in [1.54, 1.807) is 30.3 Å². The van der Waals surface area contributed by atoms with Crippen LogP contribution in [0.2, 0.25) is 0 Å². The van der Waals surface area contributed by atoms with Gasteiger partial charge in [-0.2, -0.15) is 0 Å². The lowest BCUT2D eigenvalue weighted by molar-refractivity contribution is -0.122. The highest BCUT2D eigenvalue weighted by molar-refractivity contribution is 5.87. The molecule has 0 radical (unpaired) electrons. The van der Waals surface area contributed by atoms with Gasteiger partial charge >= 0.3 is 5.97 Å². The van der Waals surface area contributed by atoms with E-state index in [1.165, 1.54) is 0 Å². The standard InChI is InChI=1S/C11H23NO.C7H6O2/c1-3-5-7-10(9-12)11(13)8-6-4-2;8-7(9)6-4-2-1-3-5-6/h10H,3-9,12H2,1-2H3;1-5H,(H,8,9). The predicted molar refractivity (Wildman–Crippen MR) is 90.0 cm³/mol. The van der Waals surface area contributed by atoms with Gasteiger partial charge in [-0.25, -0.2) is 4.79 Å². The summed E-state index contributed by atoms with van der Waals surface area (Å²) in [6.45, 7) is 4.78. The fraction of sp³-hybridized carbons (Fsp3) is 0.556. The van der Waals surface area contributed by atoms with Gasteiger partial charge in [0.2, 0.25) is 0 Å². The first-order chi connectivity index (χ1) is 10.6. The van der Waals surface area contributed by atoms with Crippen LogP contribution in [0.15, 0.2) is 30.3 Å². The summed E-state index contributed by atoms with van der Waals surface area (Å²) < 4.78 is 0. The summed E-state index contributed by atoms with van der Waals surface area (Å²) in [6, 6.07) is 8.30. The largest absolute Gasteiger partial charge is 0.478 e. The van der Waals surface area contributed by atoms with Crippen LogP contribution in [0.4, 0.5) is 0 Å². The Bertz CT molecular complexity index is 418. The molecule has 1 atom stereocenters. The van der Waals surface area contributed by atoms with Crippen molar-refractivity contribution in [3.63, 3.8) is 0 Å². The number of carboxylic acid groups (broad SMARTS) is 1. The third-order valence-electron chi connectivity index (χ3n) is 3.44. The van der Waals surface area contributed by atoms with E-state index in [4.69, 9.17) is 10.8 Å². The number of aromatic carboxylic acids is 1. The Morgan fingerprint density at radius 1 is 1.09 bits per heavy atom. The van der Waals surface area contributed by atoms with Crippen LogP contribution in [0.3, 0.4) is 0 Å². The SMILES string of the molecule is CCCCC(=O)C(CN)CCCC.O=C(O)c1ccccc1. The topological polar surface area (TPSA) is 80.4 Å². The summed E-state index contributed by atoms with van der Waals surface area (Å²) in [5.74, 6) is -0.375. The molecule has 4 heteroatoms. The van der Waals surface area contributed by atoms with E-state index >= 15 is 0 Å². The molecule has 1 aromatic carbocycles. The monoisotopic (exact) mass is 307 g/mol. The molecule has 0 heterocycles. The number of benzene rings is 1. The molecule has 1 unspecified atom stereocenters. The van der Waals surface area contributed by atoms with Gasteiger partial charge in [-0.15, -0.1) is 0 Å². The number of carbonyl (C=O) groups excluding carboxylic acids is 1.